The van der Waals surface area contributed by atoms with Crippen molar-refractivity contribution in [3.8, 4) is 5.75 Å². The highest BCUT2D eigenvalue weighted by Crippen LogP contribution is 2.27. The summed E-state index contributed by atoms with van der Waals surface area (Å²) in [7, 11) is 0. The molecule has 5 nitrogen and oxygen atoms in total. The number of ether oxygens (including phenoxy) is 2. The Bertz CT molecular complexity index is 548. The zero-order valence-electron chi connectivity index (χ0n) is 12.4. The predicted octanol–water partition coefficient (Wildman–Crippen LogP) is 3.37. The van der Waals surface area contributed by atoms with E-state index in [9.17, 15) is 9.18 Å². The summed E-state index contributed by atoms with van der Waals surface area (Å²) in [6.07, 6.45) is -0.653. The SMILES string of the molecule is C[C@@H]1[C@@H](Oc2ccc(Br)nc2F)CN1C(=O)OC(C)(C)C. The van der Waals surface area contributed by atoms with Crippen molar-refractivity contribution in [1.82, 2.24) is 9.88 Å². The van der Waals surface area contributed by atoms with Gasteiger partial charge in [0.25, 0.3) is 5.95 Å². The molecule has 2 atom stereocenters. The van der Waals surface area contributed by atoms with E-state index in [1.165, 1.54) is 6.07 Å². The van der Waals surface area contributed by atoms with Crippen LogP contribution < -0.4 is 4.74 Å². The first-order valence-corrected chi connectivity index (χ1v) is 7.45. The highest BCUT2D eigenvalue weighted by atomic mass is 79.9. The van der Waals surface area contributed by atoms with Crippen LogP contribution in [-0.2, 0) is 4.74 Å². The number of rotatable bonds is 2. The summed E-state index contributed by atoms with van der Waals surface area (Å²) in [5.41, 5.74) is -0.537. The van der Waals surface area contributed by atoms with Crippen LogP contribution in [0, 0.1) is 5.95 Å². The molecule has 0 aliphatic carbocycles. The maximum Gasteiger partial charge on any atom is 0.410 e. The van der Waals surface area contributed by atoms with Gasteiger partial charge in [0.15, 0.2) is 5.75 Å². The lowest BCUT2D eigenvalue weighted by Crippen LogP contribution is -2.63. The van der Waals surface area contributed by atoms with E-state index in [0.717, 1.165) is 0 Å². The first-order chi connectivity index (χ1) is 9.67. The van der Waals surface area contributed by atoms with Crippen molar-refractivity contribution >= 4 is 22.0 Å². The van der Waals surface area contributed by atoms with Gasteiger partial charge in [-0.05, 0) is 55.8 Å². The molecule has 0 N–H and O–H groups in total. The smallest absolute Gasteiger partial charge is 0.410 e. The Morgan fingerprint density at radius 2 is 2.14 bits per heavy atom. The van der Waals surface area contributed by atoms with E-state index in [4.69, 9.17) is 9.47 Å². The van der Waals surface area contributed by atoms with Crippen LogP contribution in [0.25, 0.3) is 0 Å². The third kappa shape index (κ3) is 3.84. The Labute approximate surface area is 131 Å². The molecule has 7 heteroatoms. The summed E-state index contributed by atoms with van der Waals surface area (Å²) in [4.78, 5) is 17.1. The number of halogens is 2. The monoisotopic (exact) mass is 360 g/mol. The van der Waals surface area contributed by atoms with E-state index in [-0.39, 0.29) is 24.0 Å². The molecule has 0 saturated carbocycles. The van der Waals surface area contributed by atoms with Gasteiger partial charge in [-0.1, -0.05) is 0 Å². The molecule has 1 aliphatic rings. The van der Waals surface area contributed by atoms with Crippen molar-refractivity contribution in [3.63, 3.8) is 0 Å². The largest absolute Gasteiger partial charge is 0.482 e. The summed E-state index contributed by atoms with van der Waals surface area (Å²) < 4.78 is 24.9. The van der Waals surface area contributed by atoms with Crippen molar-refractivity contribution in [2.45, 2.75) is 45.4 Å². The van der Waals surface area contributed by atoms with E-state index < -0.39 is 11.5 Å². The van der Waals surface area contributed by atoms with Crippen LogP contribution >= 0.6 is 15.9 Å². The summed E-state index contributed by atoms with van der Waals surface area (Å²) in [6.45, 7) is 7.64. The van der Waals surface area contributed by atoms with Gasteiger partial charge in [-0.3, -0.25) is 4.90 Å². The lowest BCUT2D eigenvalue weighted by molar-refractivity contribution is -0.0547. The fourth-order valence-electron chi connectivity index (χ4n) is 1.92. The Morgan fingerprint density at radius 3 is 2.67 bits per heavy atom. The van der Waals surface area contributed by atoms with E-state index in [0.29, 0.717) is 11.1 Å². The van der Waals surface area contributed by atoms with Crippen LogP contribution in [0.2, 0.25) is 0 Å². The van der Waals surface area contributed by atoms with E-state index >= 15 is 0 Å². The van der Waals surface area contributed by atoms with Crippen molar-refractivity contribution < 1.29 is 18.7 Å². The Hall–Kier alpha value is -1.37. The highest BCUT2D eigenvalue weighted by molar-refractivity contribution is 9.10. The average Bonchev–Trinajstić information content (AvgIpc) is 2.33. The van der Waals surface area contributed by atoms with Gasteiger partial charge in [0.05, 0.1) is 12.6 Å². The zero-order valence-corrected chi connectivity index (χ0v) is 14.0. The normalized spacial score (nSPS) is 21.7. The van der Waals surface area contributed by atoms with Crippen LogP contribution in [0.4, 0.5) is 9.18 Å². The first kappa shape index (κ1) is 16.0. The van der Waals surface area contributed by atoms with Crippen molar-refractivity contribution in [2.75, 3.05) is 6.54 Å². The number of nitrogens with zero attached hydrogens (tertiary/aromatic N) is 2. The van der Waals surface area contributed by atoms with Crippen LogP contribution in [-0.4, -0.2) is 40.3 Å². The second-order valence-corrected chi connectivity index (χ2v) is 6.77. The lowest BCUT2D eigenvalue weighted by atomic mass is 10.0. The van der Waals surface area contributed by atoms with Gasteiger partial charge in [0.2, 0.25) is 0 Å². The molecule has 2 rings (SSSR count). The molecular weight excluding hydrogens is 343 g/mol. The molecule has 0 spiro atoms. The van der Waals surface area contributed by atoms with Crippen LogP contribution in [0.15, 0.2) is 16.7 Å². The summed E-state index contributed by atoms with van der Waals surface area (Å²) in [5.74, 6) is -0.591. The molecule has 0 bridgehead atoms. The second kappa shape index (κ2) is 5.79. The molecule has 0 aromatic carbocycles. The zero-order chi connectivity index (χ0) is 15.8. The minimum atomic E-state index is -0.674. The van der Waals surface area contributed by atoms with Crippen LogP contribution in [0.3, 0.4) is 0 Å². The van der Waals surface area contributed by atoms with Gasteiger partial charge in [0, 0.05) is 0 Å². The molecule has 2 heterocycles. The van der Waals surface area contributed by atoms with Gasteiger partial charge < -0.3 is 9.47 Å². The van der Waals surface area contributed by atoms with Gasteiger partial charge in [0.1, 0.15) is 16.3 Å². The van der Waals surface area contributed by atoms with Gasteiger partial charge >= 0.3 is 6.09 Å². The van der Waals surface area contributed by atoms with E-state index in [1.807, 2.05) is 27.7 Å². The van der Waals surface area contributed by atoms with Crippen molar-refractivity contribution in [2.24, 2.45) is 0 Å². The number of aromatic nitrogens is 1. The maximum atomic E-state index is 13.6. The summed E-state index contributed by atoms with van der Waals surface area (Å²) in [6, 6.07) is 2.94. The minimum Gasteiger partial charge on any atom is -0.482 e. The minimum absolute atomic E-state index is 0.0823. The Kier molecular flexibility index (Phi) is 4.41. The quantitative estimate of drug-likeness (QED) is 0.758. The number of pyridine rings is 1. The number of hydrogen-bond acceptors (Lipinski definition) is 4. The standard InChI is InChI=1S/C14H18BrFN2O3/c1-8-10(7-18(8)13(19)21-14(2,3)4)20-9-5-6-11(15)17-12(9)16/h5-6,8,10H,7H2,1-4H3/t8-,10+/m1/s1. The molecule has 0 unspecified atom stereocenters. The van der Waals surface area contributed by atoms with Crippen molar-refractivity contribution in [1.29, 1.82) is 0 Å². The number of carbonyl (C=O) groups is 1. The fourth-order valence-corrected chi connectivity index (χ4v) is 2.21. The number of amides is 1. The molecule has 1 amide bonds. The summed E-state index contributed by atoms with van der Waals surface area (Å²) >= 11 is 3.09. The molecule has 1 saturated heterocycles. The molecule has 116 valence electrons. The fraction of sp³-hybridized carbons (Fsp3) is 0.571. The number of hydrogen-bond donors (Lipinski definition) is 0. The van der Waals surface area contributed by atoms with Crippen molar-refractivity contribution in [3.05, 3.63) is 22.7 Å². The Balaban J connectivity index is 1.93. The first-order valence-electron chi connectivity index (χ1n) is 6.66. The molecule has 1 aromatic rings. The number of likely N-dealkylation sites (tertiary alicyclic amines) is 1. The molecule has 21 heavy (non-hydrogen) atoms. The maximum absolute atomic E-state index is 13.6. The van der Waals surface area contributed by atoms with Gasteiger partial charge in [-0.15, -0.1) is 0 Å². The van der Waals surface area contributed by atoms with E-state index in [1.54, 1.807) is 11.0 Å². The number of carbonyl (C=O) groups excluding carboxylic acids is 1. The molecule has 0 radical (unpaired) electrons. The average molecular weight is 361 g/mol. The Morgan fingerprint density at radius 1 is 1.48 bits per heavy atom. The topological polar surface area (TPSA) is 51.7 Å². The second-order valence-electron chi connectivity index (χ2n) is 5.95. The molecular formula is C14H18BrFN2O3. The molecule has 1 aromatic heterocycles. The molecule has 1 aliphatic heterocycles. The lowest BCUT2D eigenvalue weighted by Gasteiger charge is -2.45. The third-order valence-electron chi connectivity index (χ3n) is 3.09. The molecule has 1 fully saturated rings. The highest BCUT2D eigenvalue weighted by Gasteiger charge is 2.42. The van der Waals surface area contributed by atoms with Gasteiger partial charge in [-0.2, -0.15) is 4.39 Å². The van der Waals surface area contributed by atoms with Gasteiger partial charge in [-0.25, -0.2) is 9.78 Å². The van der Waals surface area contributed by atoms with E-state index in [2.05, 4.69) is 20.9 Å². The third-order valence-corrected chi connectivity index (χ3v) is 3.53. The van der Waals surface area contributed by atoms with Crippen LogP contribution in [0.5, 0.6) is 5.75 Å². The summed E-state index contributed by atoms with van der Waals surface area (Å²) in [5, 5.41) is 0. The van der Waals surface area contributed by atoms with Crippen LogP contribution in [0.1, 0.15) is 27.7 Å². The predicted molar refractivity (Wildman–Crippen MR) is 78.7 cm³/mol.